The molecule has 2 unspecified atom stereocenters. The molecule has 3 nitrogen and oxygen atoms in total. The molecule has 1 aromatic rings. The van der Waals surface area contributed by atoms with Crippen LogP contribution >= 0.6 is 27.3 Å². The molecule has 2 atom stereocenters. The average molecular weight is 319 g/mol. The minimum Gasteiger partial charge on any atom is -0.374 e. The molecule has 96 valence electrons. The summed E-state index contributed by atoms with van der Waals surface area (Å²) in [5.41, 5.74) is 6.26. The molecule has 0 aromatic carbocycles. The highest BCUT2D eigenvalue weighted by atomic mass is 79.9. The molecule has 0 saturated carbocycles. The van der Waals surface area contributed by atoms with E-state index in [4.69, 9.17) is 10.5 Å². The first kappa shape index (κ1) is 13.5. The van der Waals surface area contributed by atoms with Crippen LogP contribution in [0.25, 0.3) is 0 Å². The predicted molar refractivity (Wildman–Crippen MR) is 75.6 cm³/mol. The van der Waals surface area contributed by atoms with E-state index in [-0.39, 0.29) is 12.1 Å². The molecule has 1 aromatic heterocycles. The molecule has 0 radical (unpaired) electrons. The number of thiophene rings is 1. The third kappa shape index (κ3) is 3.51. The van der Waals surface area contributed by atoms with Crippen LogP contribution < -0.4 is 5.73 Å². The largest absolute Gasteiger partial charge is 0.374 e. The van der Waals surface area contributed by atoms with Gasteiger partial charge in [0.2, 0.25) is 0 Å². The lowest BCUT2D eigenvalue weighted by Gasteiger charge is -2.35. The highest BCUT2D eigenvalue weighted by Gasteiger charge is 2.25. The lowest BCUT2D eigenvalue weighted by molar-refractivity contribution is -0.0384. The standard InChI is InChI=1S/C12H19BrN2OS/c1-2-15-4-5-16-11(8-15)10(14)7-12-9(13)3-6-17-12/h3,6,10-11H,2,4-5,7-8,14H2,1H3. The number of nitrogens with two attached hydrogens (primary N) is 1. The van der Waals surface area contributed by atoms with Gasteiger partial charge in [0.15, 0.2) is 0 Å². The molecule has 1 aliphatic rings. The van der Waals surface area contributed by atoms with E-state index in [0.717, 1.165) is 32.7 Å². The molecule has 2 heterocycles. The zero-order valence-electron chi connectivity index (χ0n) is 10.1. The van der Waals surface area contributed by atoms with Crippen molar-refractivity contribution < 1.29 is 4.74 Å². The van der Waals surface area contributed by atoms with E-state index in [1.54, 1.807) is 11.3 Å². The van der Waals surface area contributed by atoms with Gasteiger partial charge in [-0.3, -0.25) is 4.90 Å². The van der Waals surface area contributed by atoms with Crippen molar-refractivity contribution in [3.63, 3.8) is 0 Å². The second-order valence-corrected chi connectivity index (χ2v) is 6.22. The van der Waals surface area contributed by atoms with E-state index in [9.17, 15) is 0 Å². The van der Waals surface area contributed by atoms with Gasteiger partial charge >= 0.3 is 0 Å². The Balaban J connectivity index is 1.91. The minimum absolute atomic E-state index is 0.0827. The van der Waals surface area contributed by atoms with E-state index >= 15 is 0 Å². The molecule has 2 N–H and O–H groups in total. The molecule has 5 heteroatoms. The highest BCUT2D eigenvalue weighted by Crippen LogP contribution is 2.24. The molecular weight excluding hydrogens is 300 g/mol. The SMILES string of the molecule is CCN1CCOC(C(N)Cc2sccc2Br)C1. The van der Waals surface area contributed by atoms with E-state index < -0.39 is 0 Å². The van der Waals surface area contributed by atoms with Crippen molar-refractivity contribution in [2.45, 2.75) is 25.5 Å². The van der Waals surface area contributed by atoms with Gasteiger partial charge < -0.3 is 10.5 Å². The second-order valence-electron chi connectivity index (χ2n) is 4.36. The fraction of sp³-hybridized carbons (Fsp3) is 0.667. The topological polar surface area (TPSA) is 38.5 Å². The lowest BCUT2D eigenvalue weighted by Crippen LogP contribution is -2.51. The Labute approximate surface area is 115 Å². The van der Waals surface area contributed by atoms with E-state index in [2.05, 4.69) is 39.2 Å². The van der Waals surface area contributed by atoms with Gasteiger partial charge in [-0.2, -0.15) is 0 Å². The number of rotatable bonds is 4. The van der Waals surface area contributed by atoms with Crippen LogP contribution in [0.15, 0.2) is 15.9 Å². The zero-order valence-corrected chi connectivity index (χ0v) is 12.5. The number of hydrogen-bond acceptors (Lipinski definition) is 4. The summed E-state index contributed by atoms with van der Waals surface area (Å²) in [6.07, 6.45) is 1.05. The fourth-order valence-corrected chi connectivity index (χ4v) is 3.68. The van der Waals surface area contributed by atoms with E-state index in [1.807, 2.05) is 0 Å². The van der Waals surface area contributed by atoms with Crippen LogP contribution in [0.3, 0.4) is 0 Å². The maximum atomic E-state index is 6.26. The Bertz CT molecular complexity index is 358. The van der Waals surface area contributed by atoms with Crippen LogP contribution in [0.2, 0.25) is 0 Å². The molecule has 1 aliphatic heterocycles. The van der Waals surface area contributed by atoms with Gasteiger partial charge in [-0.25, -0.2) is 0 Å². The van der Waals surface area contributed by atoms with Crippen LogP contribution in [-0.2, 0) is 11.2 Å². The average Bonchev–Trinajstić information content (AvgIpc) is 2.75. The van der Waals surface area contributed by atoms with Crippen molar-refractivity contribution in [2.75, 3.05) is 26.2 Å². The third-order valence-corrected chi connectivity index (χ3v) is 5.16. The van der Waals surface area contributed by atoms with Gasteiger partial charge in [-0.1, -0.05) is 6.92 Å². The second kappa shape index (κ2) is 6.29. The summed E-state index contributed by atoms with van der Waals surface area (Å²) in [6, 6.07) is 2.16. The lowest BCUT2D eigenvalue weighted by atomic mass is 10.1. The Morgan fingerprint density at radius 3 is 3.18 bits per heavy atom. The van der Waals surface area contributed by atoms with Crippen LogP contribution in [0.4, 0.5) is 0 Å². The summed E-state index contributed by atoms with van der Waals surface area (Å²) < 4.78 is 6.95. The van der Waals surface area contributed by atoms with Crippen molar-refractivity contribution in [3.05, 3.63) is 20.8 Å². The Morgan fingerprint density at radius 1 is 1.71 bits per heavy atom. The molecule has 1 fully saturated rings. The molecule has 17 heavy (non-hydrogen) atoms. The van der Waals surface area contributed by atoms with E-state index in [1.165, 1.54) is 9.35 Å². The molecule has 0 aliphatic carbocycles. The predicted octanol–water partition coefficient (Wildman–Crippen LogP) is 2.10. The van der Waals surface area contributed by atoms with Crippen molar-refractivity contribution in [2.24, 2.45) is 5.73 Å². The summed E-state index contributed by atoms with van der Waals surface area (Å²) in [6.45, 7) is 6.06. The number of hydrogen-bond donors (Lipinski definition) is 1. The fourth-order valence-electron chi connectivity index (χ4n) is 2.09. The van der Waals surface area contributed by atoms with Crippen molar-refractivity contribution in [1.82, 2.24) is 4.90 Å². The van der Waals surface area contributed by atoms with Crippen molar-refractivity contribution >= 4 is 27.3 Å². The van der Waals surface area contributed by atoms with Gasteiger partial charge in [0.05, 0.1) is 12.7 Å². The quantitative estimate of drug-likeness (QED) is 0.924. The van der Waals surface area contributed by atoms with Gasteiger partial charge in [0.25, 0.3) is 0 Å². The monoisotopic (exact) mass is 318 g/mol. The number of nitrogens with zero attached hydrogens (tertiary/aromatic N) is 1. The Morgan fingerprint density at radius 2 is 2.53 bits per heavy atom. The zero-order chi connectivity index (χ0) is 12.3. The maximum Gasteiger partial charge on any atom is 0.0856 e. The van der Waals surface area contributed by atoms with Gasteiger partial charge in [-0.05, 0) is 33.9 Å². The molecule has 1 saturated heterocycles. The maximum absolute atomic E-state index is 6.26. The van der Waals surface area contributed by atoms with Crippen molar-refractivity contribution in [3.8, 4) is 0 Å². The molecule has 0 bridgehead atoms. The Hall–Kier alpha value is 0.0600. The molecule has 0 amide bonds. The number of morpholine rings is 1. The number of likely N-dealkylation sites (N-methyl/N-ethyl adjacent to an activating group) is 1. The summed E-state index contributed by atoms with van der Waals surface area (Å²) in [4.78, 5) is 3.71. The van der Waals surface area contributed by atoms with Gasteiger partial charge in [0.1, 0.15) is 0 Å². The summed E-state index contributed by atoms with van der Waals surface area (Å²) >= 11 is 5.30. The first-order valence-electron chi connectivity index (χ1n) is 6.02. The van der Waals surface area contributed by atoms with Gasteiger partial charge in [-0.15, -0.1) is 11.3 Å². The Kier molecular flexibility index (Phi) is 4.99. The van der Waals surface area contributed by atoms with E-state index in [0.29, 0.717) is 0 Å². The first-order valence-corrected chi connectivity index (χ1v) is 7.69. The summed E-state index contributed by atoms with van der Waals surface area (Å²) in [7, 11) is 0. The number of halogens is 1. The van der Waals surface area contributed by atoms with Crippen LogP contribution in [-0.4, -0.2) is 43.3 Å². The first-order chi connectivity index (χ1) is 8.20. The van der Waals surface area contributed by atoms with Crippen LogP contribution in [0.1, 0.15) is 11.8 Å². The summed E-state index contributed by atoms with van der Waals surface area (Å²) in [5, 5.41) is 2.09. The summed E-state index contributed by atoms with van der Waals surface area (Å²) in [5.74, 6) is 0. The van der Waals surface area contributed by atoms with Crippen LogP contribution in [0, 0.1) is 0 Å². The normalized spacial score (nSPS) is 23.8. The van der Waals surface area contributed by atoms with Crippen LogP contribution in [0.5, 0.6) is 0 Å². The van der Waals surface area contributed by atoms with Gasteiger partial charge in [0, 0.05) is 34.9 Å². The minimum atomic E-state index is 0.0827. The molecular formula is C12H19BrN2OS. The highest BCUT2D eigenvalue weighted by molar-refractivity contribution is 9.10. The molecule has 2 rings (SSSR count). The third-order valence-electron chi connectivity index (χ3n) is 3.21. The smallest absolute Gasteiger partial charge is 0.0856 e. The molecule has 0 spiro atoms. The van der Waals surface area contributed by atoms with Crippen molar-refractivity contribution in [1.29, 1.82) is 0 Å². The number of ether oxygens (including phenoxy) is 1.